The van der Waals surface area contributed by atoms with Crippen LogP contribution in [0.2, 0.25) is 5.02 Å². The Labute approximate surface area is 180 Å². The molecule has 158 valence electrons. The maximum Gasteiger partial charge on any atom is 0.317 e. The highest BCUT2D eigenvalue weighted by Crippen LogP contribution is 2.23. The molecular weight excluding hydrogens is 407 g/mol. The molecule has 0 aliphatic rings. The van der Waals surface area contributed by atoms with Gasteiger partial charge >= 0.3 is 5.56 Å². The topological polar surface area (TPSA) is 53.4 Å². The first-order chi connectivity index (χ1) is 14.2. The van der Waals surface area contributed by atoms with Crippen LogP contribution in [0.1, 0.15) is 26.3 Å². The Morgan fingerprint density at radius 2 is 1.83 bits per heavy atom. The predicted molar refractivity (Wildman–Crippen MR) is 115 cm³/mol. The van der Waals surface area contributed by atoms with Crippen molar-refractivity contribution in [2.45, 2.75) is 27.2 Å². The predicted octanol–water partition coefficient (Wildman–Crippen LogP) is 5.07. The Morgan fingerprint density at radius 3 is 2.50 bits per heavy atom. The summed E-state index contributed by atoms with van der Waals surface area (Å²) in [6.07, 6.45) is 3.52. The number of rotatable bonds is 7. The van der Waals surface area contributed by atoms with Gasteiger partial charge in [0.25, 0.3) is 5.88 Å². The molecule has 1 heterocycles. The van der Waals surface area contributed by atoms with E-state index in [0.29, 0.717) is 23.7 Å². The fraction of sp³-hybridized carbons (Fsp3) is 0.304. The van der Waals surface area contributed by atoms with Gasteiger partial charge in [-0.3, -0.25) is 9.36 Å². The largest absolute Gasteiger partial charge is 0.490 e. The molecule has 3 rings (SSSR count). The molecule has 0 bridgehead atoms. The molecule has 0 aliphatic carbocycles. The molecule has 30 heavy (non-hydrogen) atoms. The SMILES string of the molecule is CC(C)(C)COc1ccc(-n2ccnc(OCCc3ccc(Cl)cc3)c2=O)cc1F. The third kappa shape index (κ3) is 5.83. The molecule has 0 fully saturated rings. The van der Waals surface area contributed by atoms with Gasteiger partial charge in [0.1, 0.15) is 0 Å². The third-order valence-corrected chi connectivity index (χ3v) is 4.46. The second-order valence-corrected chi connectivity index (χ2v) is 8.53. The van der Waals surface area contributed by atoms with Gasteiger partial charge in [0, 0.05) is 29.9 Å². The van der Waals surface area contributed by atoms with Crippen molar-refractivity contribution in [3.05, 3.63) is 81.6 Å². The van der Waals surface area contributed by atoms with Crippen molar-refractivity contribution in [3.63, 3.8) is 0 Å². The van der Waals surface area contributed by atoms with Crippen molar-refractivity contribution in [1.29, 1.82) is 0 Å². The van der Waals surface area contributed by atoms with Gasteiger partial charge in [0.2, 0.25) is 0 Å². The second kappa shape index (κ2) is 9.30. The van der Waals surface area contributed by atoms with Crippen molar-refractivity contribution < 1.29 is 13.9 Å². The zero-order valence-corrected chi connectivity index (χ0v) is 17.9. The van der Waals surface area contributed by atoms with Crippen LogP contribution >= 0.6 is 11.6 Å². The first kappa shape index (κ1) is 21.8. The van der Waals surface area contributed by atoms with Gasteiger partial charge < -0.3 is 9.47 Å². The number of hydrogen-bond acceptors (Lipinski definition) is 4. The van der Waals surface area contributed by atoms with Crippen LogP contribution in [0.15, 0.2) is 59.7 Å². The highest BCUT2D eigenvalue weighted by Gasteiger charge is 2.14. The van der Waals surface area contributed by atoms with Gasteiger partial charge in [-0.1, -0.05) is 44.5 Å². The molecule has 0 N–H and O–H groups in total. The van der Waals surface area contributed by atoms with Crippen LogP contribution in [0.25, 0.3) is 5.69 Å². The lowest BCUT2D eigenvalue weighted by molar-refractivity contribution is 0.191. The highest BCUT2D eigenvalue weighted by atomic mass is 35.5. The minimum absolute atomic E-state index is 0.0417. The smallest absolute Gasteiger partial charge is 0.317 e. The van der Waals surface area contributed by atoms with Crippen molar-refractivity contribution in [3.8, 4) is 17.3 Å². The molecule has 5 nitrogen and oxygen atoms in total. The normalized spacial score (nSPS) is 11.4. The maximum absolute atomic E-state index is 14.5. The van der Waals surface area contributed by atoms with E-state index in [1.165, 1.54) is 29.1 Å². The molecule has 0 atom stereocenters. The first-order valence-corrected chi connectivity index (χ1v) is 9.98. The molecule has 0 saturated carbocycles. The van der Waals surface area contributed by atoms with E-state index in [4.69, 9.17) is 21.1 Å². The van der Waals surface area contributed by atoms with Crippen LogP contribution in [0.4, 0.5) is 4.39 Å². The molecule has 0 unspecified atom stereocenters. The van der Waals surface area contributed by atoms with E-state index in [9.17, 15) is 9.18 Å². The summed E-state index contributed by atoms with van der Waals surface area (Å²) in [6.45, 7) is 6.67. The molecule has 2 aromatic carbocycles. The van der Waals surface area contributed by atoms with Crippen molar-refractivity contribution in [1.82, 2.24) is 9.55 Å². The molecule has 0 radical (unpaired) electrons. The molecule has 0 saturated heterocycles. The fourth-order valence-electron chi connectivity index (χ4n) is 2.66. The Hall–Kier alpha value is -2.86. The van der Waals surface area contributed by atoms with Gasteiger partial charge in [0.15, 0.2) is 11.6 Å². The number of aromatic nitrogens is 2. The van der Waals surface area contributed by atoms with Crippen molar-refractivity contribution in [2.75, 3.05) is 13.2 Å². The Balaban J connectivity index is 1.71. The minimum atomic E-state index is -0.536. The summed E-state index contributed by atoms with van der Waals surface area (Å²) in [5.41, 5.74) is 0.844. The molecular formula is C23H24ClFN2O3. The van der Waals surface area contributed by atoms with Crippen molar-refractivity contribution in [2.24, 2.45) is 5.41 Å². The van der Waals surface area contributed by atoms with Gasteiger partial charge in [-0.15, -0.1) is 0 Å². The Morgan fingerprint density at radius 1 is 1.10 bits per heavy atom. The molecule has 0 spiro atoms. The first-order valence-electron chi connectivity index (χ1n) is 9.60. The van der Waals surface area contributed by atoms with Crippen molar-refractivity contribution >= 4 is 11.6 Å². The molecule has 0 aliphatic heterocycles. The number of nitrogens with zero attached hydrogens (tertiary/aromatic N) is 2. The summed E-state index contributed by atoms with van der Waals surface area (Å²) < 4.78 is 26.9. The quantitative estimate of drug-likeness (QED) is 0.525. The number of halogens is 2. The zero-order chi connectivity index (χ0) is 21.7. The molecule has 7 heteroatoms. The van der Waals surface area contributed by atoms with E-state index in [1.807, 2.05) is 32.9 Å². The maximum atomic E-state index is 14.5. The zero-order valence-electron chi connectivity index (χ0n) is 17.2. The summed E-state index contributed by atoms with van der Waals surface area (Å²) in [5.74, 6) is -0.430. The number of hydrogen-bond donors (Lipinski definition) is 0. The Kier molecular flexibility index (Phi) is 6.77. The Bertz CT molecular complexity index is 1060. The lowest BCUT2D eigenvalue weighted by Crippen LogP contribution is -2.22. The average molecular weight is 431 g/mol. The highest BCUT2D eigenvalue weighted by molar-refractivity contribution is 6.30. The van der Waals surface area contributed by atoms with E-state index < -0.39 is 11.4 Å². The van der Waals surface area contributed by atoms with Gasteiger partial charge in [-0.05, 0) is 35.2 Å². The van der Waals surface area contributed by atoms with E-state index >= 15 is 0 Å². The average Bonchev–Trinajstić information content (AvgIpc) is 2.69. The van der Waals surface area contributed by atoms with E-state index in [-0.39, 0.29) is 23.7 Å². The van der Waals surface area contributed by atoms with Crippen LogP contribution in [0.5, 0.6) is 11.6 Å². The lowest BCUT2D eigenvalue weighted by Gasteiger charge is -2.19. The number of ether oxygens (including phenoxy) is 2. The monoisotopic (exact) mass is 430 g/mol. The summed E-state index contributed by atoms with van der Waals surface area (Å²) in [6, 6.07) is 11.8. The fourth-order valence-corrected chi connectivity index (χ4v) is 2.79. The summed E-state index contributed by atoms with van der Waals surface area (Å²) in [4.78, 5) is 16.7. The summed E-state index contributed by atoms with van der Waals surface area (Å²) in [5, 5.41) is 0.661. The molecule has 3 aromatic rings. The van der Waals surface area contributed by atoms with E-state index in [0.717, 1.165) is 5.56 Å². The van der Waals surface area contributed by atoms with Crippen LogP contribution in [0.3, 0.4) is 0 Å². The van der Waals surface area contributed by atoms with Gasteiger partial charge in [-0.25, -0.2) is 9.37 Å². The van der Waals surface area contributed by atoms with E-state index in [2.05, 4.69) is 4.98 Å². The van der Waals surface area contributed by atoms with Crippen LogP contribution < -0.4 is 15.0 Å². The molecule has 0 amide bonds. The summed E-state index contributed by atoms with van der Waals surface area (Å²) >= 11 is 5.88. The van der Waals surface area contributed by atoms with Gasteiger partial charge in [-0.2, -0.15) is 0 Å². The van der Waals surface area contributed by atoms with Crippen LogP contribution in [-0.4, -0.2) is 22.8 Å². The van der Waals surface area contributed by atoms with E-state index in [1.54, 1.807) is 18.2 Å². The number of benzene rings is 2. The third-order valence-electron chi connectivity index (χ3n) is 4.21. The minimum Gasteiger partial charge on any atom is -0.490 e. The lowest BCUT2D eigenvalue weighted by atomic mass is 9.99. The second-order valence-electron chi connectivity index (χ2n) is 8.10. The standard InChI is InChI=1S/C23H24ClFN2O3/c1-23(2,3)15-30-20-9-8-18(14-19(20)25)27-12-11-26-21(22(27)28)29-13-10-16-4-6-17(24)7-5-16/h4-9,11-12,14H,10,13,15H2,1-3H3. The summed E-state index contributed by atoms with van der Waals surface area (Å²) in [7, 11) is 0. The molecule has 1 aromatic heterocycles. The van der Waals surface area contributed by atoms with Crippen LogP contribution in [0, 0.1) is 11.2 Å². The van der Waals surface area contributed by atoms with Gasteiger partial charge in [0.05, 0.1) is 18.9 Å². The van der Waals surface area contributed by atoms with Crippen LogP contribution in [-0.2, 0) is 6.42 Å².